The maximum absolute atomic E-state index is 14.2. The number of fused-ring (bicyclic) bond motifs is 5. The molecule has 6 heteroatoms. The summed E-state index contributed by atoms with van der Waals surface area (Å²) in [7, 11) is -3.65. The number of hydrogen-bond acceptors (Lipinski definition) is 5. The molecular weight excluding hydrogens is 532 g/mol. The van der Waals surface area contributed by atoms with Crippen LogP contribution in [0.4, 0.5) is 0 Å². The summed E-state index contributed by atoms with van der Waals surface area (Å²) in [5.74, 6) is 1.89. The van der Waals surface area contributed by atoms with Gasteiger partial charge in [-0.3, -0.25) is 0 Å². The van der Waals surface area contributed by atoms with Crippen LogP contribution in [0.2, 0.25) is 0 Å². The minimum atomic E-state index is -3.65. The van der Waals surface area contributed by atoms with Crippen molar-refractivity contribution in [3.63, 3.8) is 0 Å². The first-order valence-corrected chi connectivity index (χ1v) is 17.9. The molecule has 1 unspecified atom stereocenters. The molecule has 0 bridgehead atoms. The summed E-state index contributed by atoms with van der Waals surface area (Å²) in [6.07, 6.45) is 12.6. The second-order valence-corrected chi connectivity index (χ2v) is 17.4. The quantitative estimate of drug-likeness (QED) is 0.348. The Hall–Kier alpha value is -1.21. The van der Waals surface area contributed by atoms with Crippen LogP contribution in [0.5, 0.6) is 0 Å². The fourth-order valence-electron chi connectivity index (χ4n) is 10.6. The van der Waals surface area contributed by atoms with Crippen molar-refractivity contribution in [1.29, 1.82) is 0 Å². The van der Waals surface area contributed by atoms with Gasteiger partial charge in [0.1, 0.15) is 0 Å². The number of sulfone groups is 1. The SMILES string of the molecule is CC[C@]1(O)CC[C@]2(C)C3=CC[C@]4(C)[C@@H]([C@H](C)C(C[C@]5(O)CCOC5)S(=O)(=O)c5ccccc5)CC[C@H]4[C@@H]3CC[C@H]2C1. The number of hydrogen-bond donors (Lipinski definition) is 2. The summed E-state index contributed by atoms with van der Waals surface area (Å²) in [5.41, 5.74) is 0.305. The van der Waals surface area contributed by atoms with E-state index in [0.29, 0.717) is 35.7 Å². The second kappa shape index (κ2) is 10.5. The highest BCUT2D eigenvalue weighted by atomic mass is 32.2. The standard InChI is InChI=1S/C35H52O5S/c1-5-34(36)18-17-32(3)25(21-34)11-12-27-29-14-13-28(33(29,4)16-15-30(27)32)24(2)31(22-35(37)19-20-40-23-35)41(38,39)26-9-7-6-8-10-26/h6-10,15,24-25,27-29,31,36-37H,5,11-14,16-23H2,1-4H3/t24-,25-,27-,28+,29-,31?,32-,33+,34-,35+/m0/s1. The molecule has 41 heavy (non-hydrogen) atoms. The van der Waals surface area contributed by atoms with Crippen molar-refractivity contribution in [3.8, 4) is 0 Å². The zero-order valence-electron chi connectivity index (χ0n) is 25.6. The molecule has 5 aliphatic rings. The molecule has 1 aliphatic heterocycles. The van der Waals surface area contributed by atoms with Crippen molar-refractivity contribution >= 4 is 9.84 Å². The first-order valence-electron chi connectivity index (χ1n) is 16.4. The lowest BCUT2D eigenvalue weighted by molar-refractivity contribution is -0.0771. The molecule has 4 aliphatic carbocycles. The van der Waals surface area contributed by atoms with Gasteiger partial charge < -0.3 is 14.9 Å². The van der Waals surface area contributed by atoms with E-state index in [1.54, 1.807) is 29.8 Å². The number of aliphatic hydroxyl groups is 2. The molecule has 5 nitrogen and oxygen atoms in total. The second-order valence-electron chi connectivity index (χ2n) is 15.2. The highest BCUT2D eigenvalue weighted by Gasteiger charge is 2.60. The fourth-order valence-corrected chi connectivity index (χ4v) is 12.7. The van der Waals surface area contributed by atoms with Gasteiger partial charge in [0.2, 0.25) is 0 Å². The van der Waals surface area contributed by atoms with E-state index in [1.165, 1.54) is 12.8 Å². The maximum Gasteiger partial charge on any atom is 0.181 e. The molecule has 0 amide bonds. The van der Waals surface area contributed by atoms with Gasteiger partial charge in [-0.15, -0.1) is 0 Å². The van der Waals surface area contributed by atoms with Crippen LogP contribution in [0, 0.1) is 40.4 Å². The van der Waals surface area contributed by atoms with Crippen molar-refractivity contribution in [3.05, 3.63) is 42.0 Å². The van der Waals surface area contributed by atoms with Gasteiger partial charge in [-0.25, -0.2) is 8.42 Å². The van der Waals surface area contributed by atoms with E-state index in [2.05, 4.69) is 33.8 Å². The molecule has 1 heterocycles. The van der Waals surface area contributed by atoms with E-state index in [9.17, 15) is 18.6 Å². The largest absolute Gasteiger partial charge is 0.390 e. The number of allylic oxidation sites excluding steroid dienone is 2. The Bertz CT molecular complexity index is 1250. The van der Waals surface area contributed by atoms with Gasteiger partial charge >= 0.3 is 0 Å². The monoisotopic (exact) mass is 584 g/mol. The predicted octanol–water partition coefficient (Wildman–Crippen LogP) is 6.73. The van der Waals surface area contributed by atoms with Crippen LogP contribution in [-0.2, 0) is 14.6 Å². The highest BCUT2D eigenvalue weighted by Crippen LogP contribution is 2.67. The molecule has 2 N–H and O–H groups in total. The van der Waals surface area contributed by atoms with E-state index >= 15 is 0 Å². The molecular formula is C35H52O5S. The Morgan fingerprint density at radius 3 is 2.44 bits per heavy atom. The third-order valence-electron chi connectivity index (χ3n) is 13.3. The van der Waals surface area contributed by atoms with Gasteiger partial charge in [0.25, 0.3) is 0 Å². The lowest BCUT2D eigenvalue weighted by Gasteiger charge is -2.58. The molecule has 3 saturated carbocycles. The average molecular weight is 585 g/mol. The fraction of sp³-hybridized carbons (Fsp3) is 0.771. The van der Waals surface area contributed by atoms with Crippen molar-refractivity contribution in [2.75, 3.05) is 13.2 Å². The Morgan fingerprint density at radius 1 is 1.00 bits per heavy atom. The minimum Gasteiger partial charge on any atom is -0.390 e. The molecule has 1 saturated heterocycles. The molecule has 0 spiro atoms. The summed E-state index contributed by atoms with van der Waals surface area (Å²) in [6, 6.07) is 8.87. The minimum absolute atomic E-state index is 0.0505. The normalized spacial score (nSPS) is 43.9. The van der Waals surface area contributed by atoms with Gasteiger partial charge in [0.05, 0.1) is 28.0 Å². The molecule has 1 aromatic carbocycles. The predicted molar refractivity (Wildman–Crippen MR) is 162 cm³/mol. The zero-order chi connectivity index (χ0) is 29.3. The van der Waals surface area contributed by atoms with Crippen LogP contribution >= 0.6 is 0 Å². The zero-order valence-corrected chi connectivity index (χ0v) is 26.5. The summed E-state index contributed by atoms with van der Waals surface area (Å²) < 4.78 is 34.0. The maximum atomic E-state index is 14.2. The summed E-state index contributed by atoms with van der Waals surface area (Å²) >= 11 is 0. The molecule has 0 aromatic heterocycles. The Morgan fingerprint density at radius 2 is 1.76 bits per heavy atom. The lowest BCUT2D eigenvalue weighted by Crippen LogP contribution is -2.52. The molecule has 10 atom stereocenters. The summed E-state index contributed by atoms with van der Waals surface area (Å²) in [6.45, 7) is 9.91. The summed E-state index contributed by atoms with van der Waals surface area (Å²) in [5, 5.41) is 21.9. The Kier molecular flexibility index (Phi) is 7.61. The Labute approximate surface area is 248 Å². The van der Waals surface area contributed by atoms with Crippen molar-refractivity contribution in [2.45, 2.75) is 120 Å². The van der Waals surface area contributed by atoms with Crippen molar-refractivity contribution in [1.82, 2.24) is 0 Å². The van der Waals surface area contributed by atoms with E-state index in [4.69, 9.17) is 4.74 Å². The van der Waals surface area contributed by atoms with Crippen LogP contribution in [-0.4, -0.2) is 48.3 Å². The van der Waals surface area contributed by atoms with Gasteiger partial charge in [0.15, 0.2) is 9.84 Å². The first kappa shape index (κ1) is 29.8. The van der Waals surface area contributed by atoms with Gasteiger partial charge in [-0.2, -0.15) is 0 Å². The Balaban J connectivity index is 1.30. The van der Waals surface area contributed by atoms with Crippen LogP contribution in [0.1, 0.15) is 98.3 Å². The first-order chi connectivity index (χ1) is 19.4. The number of ether oxygens (including phenoxy) is 1. The molecule has 0 radical (unpaired) electrons. The smallest absolute Gasteiger partial charge is 0.181 e. The number of rotatable bonds is 7. The van der Waals surface area contributed by atoms with Crippen LogP contribution in [0.15, 0.2) is 46.9 Å². The van der Waals surface area contributed by atoms with Crippen LogP contribution in [0.25, 0.3) is 0 Å². The average Bonchev–Trinajstić information content (AvgIpc) is 3.55. The van der Waals surface area contributed by atoms with Gasteiger partial charge in [-0.1, -0.05) is 57.5 Å². The van der Waals surface area contributed by atoms with Gasteiger partial charge in [0, 0.05) is 13.0 Å². The summed E-state index contributed by atoms with van der Waals surface area (Å²) in [4.78, 5) is 0.362. The van der Waals surface area contributed by atoms with Crippen molar-refractivity contribution < 1.29 is 23.4 Å². The van der Waals surface area contributed by atoms with Crippen molar-refractivity contribution in [2.24, 2.45) is 40.4 Å². The van der Waals surface area contributed by atoms with Gasteiger partial charge in [-0.05, 0) is 117 Å². The third-order valence-corrected chi connectivity index (χ3v) is 15.6. The topological polar surface area (TPSA) is 83.8 Å². The molecule has 6 rings (SSSR count). The van der Waals surface area contributed by atoms with Crippen LogP contribution in [0.3, 0.4) is 0 Å². The number of benzene rings is 1. The van der Waals surface area contributed by atoms with E-state index < -0.39 is 26.3 Å². The van der Waals surface area contributed by atoms with E-state index in [-0.39, 0.29) is 35.7 Å². The highest BCUT2D eigenvalue weighted by molar-refractivity contribution is 7.92. The van der Waals surface area contributed by atoms with E-state index in [0.717, 1.165) is 44.9 Å². The molecule has 228 valence electrons. The lowest BCUT2D eigenvalue weighted by atomic mass is 9.47. The van der Waals surface area contributed by atoms with Crippen LogP contribution < -0.4 is 0 Å². The molecule has 1 aromatic rings. The third kappa shape index (κ3) is 4.87. The van der Waals surface area contributed by atoms with E-state index in [1.807, 2.05) is 6.07 Å². The molecule has 4 fully saturated rings.